The van der Waals surface area contributed by atoms with E-state index in [9.17, 15) is 5.11 Å². The Morgan fingerprint density at radius 2 is 2.42 bits per heavy atom. The SMILES string of the molecule is C=COC1C/C(=C/C)CCC1O. The van der Waals surface area contributed by atoms with Crippen molar-refractivity contribution in [1.29, 1.82) is 0 Å². The minimum absolute atomic E-state index is 0.0811. The van der Waals surface area contributed by atoms with Gasteiger partial charge in [-0.25, -0.2) is 0 Å². The summed E-state index contributed by atoms with van der Waals surface area (Å²) in [5, 5.41) is 9.51. The lowest BCUT2D eigenvalue weighted by atomic mass is 9.90. The van der Waals surface area contributed by atoms with Crippen molar-refractivity contribution >= 4 is 0 Å². The van der Waals surface area contributed by atoms with Crippen molar-refractivity contribution in [2.45, 2.75) is 38.4 Å². The number of aliphatic hydroxyl groups is 1. The van der Waals surface area contributed by atoms with E-state index in [0.717, 1.165) is 19.3 Å². The summed E-state index contributed by atoms with van der Waals surface area (Å²) < 4.78 is 5.20. The zero-order valence-electron chi connectivity index (χ0n) is 7.49. The van der Waals surface area contributed by atoms with Crippen molar-refractivity contribution in [2.75, 3.05) is 0 Å². The van der Waals surface area contributed by atoms with Crippen molar-refractivity contribution in [2.24, 2.45) is 0 Å². The van der Waals surface area contributed by atoms with Gasteiger partial charge in [0, 0.05) is 6.42 Å². The second kappa shape index (κ2) is 4.31. The second-order valence-corrected chi connectivity index (χ2v) is 3.10. The van der Waals surface area contributed by atoms with Crippen LogP contribution in [0.1, 0.15) is 26.2 Å². The fourth-order valence-corrected chi connectivity index (χ4v) is 1.54. The lowest BCUT2D eigenvalue weighted by Crippen LogP contribution is -2.31. The van der Waals surface area contributed by atoms with Gasteiger partial charge in [-0.3, -0.25) is 0 Å². The number of ether oxygens (including phenoxy) is 1. The average molecular weight is 168 g/mol. The van der Waals surface area contributed by atoms with Gasteiger partial charge in [0.05, 0.1) is 12.4 Å². The lowest BCUT2D eigenvalue weighted by molar-refractivity contribution is -0.00526. The van der Waals surface area contributed by atoms with E-state index in [1.54, 1.807) is 0 Å². The standard InChI is InChI=1S/C10H16O2/c1-3-8-5-6-9(11)10(7-8)12-4-2/h3-4,9-11H,2,5-7H2,1H3/b8-3+. The van der Waals surface area contributed by atoms with Crippen molar-refractivity contribution in [1.82, 2.24) is 0 Å². The molecular formula is C10H16O2. The molecule has 1 fully saturated rings. The van der Waals surface area contributed by atoms with E-state index in [4.69, 9.17) is 4.74 Å². The van der Waals surface area contributed by atoms with Crippen LogP contribution < -0.4 is 0 Å². The van der Waals surface area contributed by atoms with E-state index in [0.29, 0.717) is 0 Å². The molecule has 2 unspecified atom stereocenters. The fourth-order valence-electron chi connectivity index (χ4n) is 1.54. The highest BCUT2D eigenvalue weighted by atomic mass is 16.5. The highest BCUT2D eigenvalue weighted by Gasteiger charge is 2.25. The van der Waals surface area contributed by atoms with Crippen molar-refractivity contribution in [3.63, 3.8) is 0 Å². The second-order valence-electron chi connectivity index (χ2n) is 3.10. The minimum atomic E-state index is -0.327. The summed E-state index contributed by atoms with van der Waals surface area (Å²) in [5.41, 5.74) is 1.37. The summed E-state index contributed by atoms with van der Waals surface area (Å²) in [7, 11) is 0. The first-order valence-corrected chi connectivity index (χ1v) is 4.36. The molecule has 0 saturated heterocycles. The number of rotatable bonds is 2. The molecule has 1 aliphatic carbocycles. The van der Waals surface area contributed by atoms with Crippen LogP contribution in [0, 0.1) is 0 Å². The summed E-state index contributed by atoms with van der Waals surface area (Å²) in [6, 6.07) is 0. The quantitative estimate of drug-likeness (QED) is 0.505. The van der Waals surface area contributed by atoms with Crippen LogP contribution in [0.15, 0.2) is 24.5 Å². The van der Waals surface area contributed by atoms with E-state index in [-0.39, 0.29) is 12.2 Å². The van der Waals surface area contributed by atoms with Gasteiger partial charge in [-0.05, 0) is 19.8 Å². The van der Waals surface area contributed by atoms with Crippen LogP contribution in [-0.4, -0.2) is 17.3 Å². The first kappa shape index (κ1) is 9.33. The molecule has 12 heavy (non-hydrogen) atoms. The van der Waals surface area contributed by atoms with Gasteiger partial charge in [0.2, 0.25) is 0 Å². The van der Waals surface area contributed by atoms with Crippen LogP contribution in [0.2, 0.25) is 0 Å². The third kappa shape index (κ3) is 2.11. The molecule has 0 aromatic rings. The van der Waals surface area contributed by atoms with Gasteiger partial charge in [0.25, 0.3) is 0 Å². The Bertz CT molecular complexity index is 184. The highest BCUT2D eigenvalue weighted by Crippen LogP contribution is 2.25. The Kier molecular flexibility index (Phi) is 3.35. The van der Waals surface area contributed by atoms with Crippen molar-refractivity contribution < 1.29 is 9.84 Å². The molecule has 2 atom stereocenters. The first-order chi connectivity index (χ1) is 5.77. The summed E-state index contributed by atoms with van der Waals surface area (Å²) in [5.74, 6) is 0. The molecule has 1 saturated carbocycles. The van der Waals surface area contributed by atoms with Crippen LogP contribution in [0.3, 0.4) is 0 Å². The van der Waals surface area contributed by atoms with E-state index in [1.165, 1.54) is 11.8 Å². The summed E-state index contributed by atoms with van der Waals surface area (Å²) in [4.78, 5) is 0. The van der Waals surface area contributed by atoms with Crippen LogP contribution in [0.25, 0.3) is 0 Å². The zero-order chi connectivity index (χ0) is 8.97. The van der Waals surface area contributed by atoms with Crippen LogP contribution in [0.4, 0.5) is 0 Å². The molecule has 2 heteroatoms. The van der Waals surface area contributed by atoms with Crippen molar-refractivity contribution in [3.8, 4) is 0 Å². The molecule has 68 valence electrons. The third-order valence-electron chi connectivity index (χ3n) is 2.33. The first-order valence-electron chi connectivity index (χ1n) is 4.36. The summed E-state index contributed by atoms with van der Waals surface area (Å²) >= 11 is 0. The van der Waals surface area contributed by atoms with E-state index in [1.807, 2.05) is 6.92 Å². The maximum absolute atomic E-state index is 9.51. The van der Waals surface area contributed by atoms with Gasteiger partial charge < -0.3 is 9.84 Å². The Labute approximate surface area is 73.5 Å². The normalized spacial score (nSPS) is 33.3. The average Bonchev–Trinajstić information content (AvgIpc) is 2.09. The van der Waals surface area contributed by atoms with Gasteiger partial charge in [-0.1, -0.05) is 18.2 Å². The summed E-state index contributed by atoms with van der Waals surface area (Å²) in [6.45, 7) is 5.51. The van der Waals surface area contributed by atoms with Crippen LogP contribution in [-0.2, 0) is 4.74 Å². The smallest absolute Gasteiger partial charge is 0.127 e. The predicted molar refractivity (Wildman–Crippen MR) is 48.7 cm³/mol. The molecule has 0 spiro atoms. The maximum atomic E-state index is 9.51. The third-order valence-corrected chi connectivity index (χ3v) is 2.33. The lowest BCUT2D eigenvalue weighted by Gasteiger charge is -2.28. The minimum Gasteiger partial charge on any atom is -0.496 e. The number of hydrogen-bond donors (Lipinski definition) is 1. The Hall–Kier alpha value is -0.760. The molecular weight excluding hydrogens is 152 g/mol. The monoisotopic (exact) mass is 168 g/mol. The molecule has 1 N–H and O–H groups in total. The summed E-state index contributed by atoms with van der Waals surface area (Å²) in [6.07, 6.45) is 5.74. The van der Waals surface area contributed by atoms with Gasteiger partial charge in [-0.15, -0.1) is 0 Å². The van der Waals surface area contributed by atoms with Gasteiger partial charge in [0.1, 0.15) is 6.10 Å². The Balaban J connectivity index is 2.52. The molecule has 1 rings (SSSR count). The topological polar surface area (TPSA) is 29.5 Å². The molecule has 0 bridgehead atoms. The van der Waals surface area contributed by atoms with E-state index >= 15 is 0 Å². The number of allylic oxidation sites excluding steroid dienone is 1. The van der Waals surface area contributed by atoms with Gasteiger partial charge in [-0.2, -0.15) is 0 Å². The maximum Gasteiger partial charge on any atom is 0.127 e. The largest absolute Gasteiger partial charge is 0.496 e. The van der Waals surface area contributed by atoms with Gasteiger partial charge >= 0.3 is 0 Å². The molecule has 0 aromatic carbocycles. The number of aliphatic hydroxyl groups excluding tert-OH is 1. The molecule has 0 radical (unpaired) electrons. The molecule has 0 aromatic heterocycles. The molecule has 1 aliphatic rings. The highest BCUT2D eigenvalue weighted by molar-refractivity contribution is 5.07. The molecule has 0 aliphatic heterocycles. The van der Waals surface area contributed by atoms with E-state index < -0.39 is 0 Å². The molecule has 2 nitrogen and oxygen atoms in total. The molecule has 0 amide bonds. The van der Waals surface area contributed by atoms with E-state index in [2.05, 4.69) is 12.7 Å². The fraction of sp³-hybridized carbons (Fsp3) is 0.600. The predicted octanol–water partition coefficient (Wildman–Crippen LogP) is 2.01. The van der Waals surface area contributed by atoms with Crippen molar-refractivity contribution in [3.05, 3.63) is 24.5 Å². The Morgan fingerprint density at radius 3 is 3.00 bits per heavy atom. The van der Waals surface area contributed by atoms with Crippen LogP contribution >= 0.6 is 0 Å². The van der Waals surface area contributed by atoms with Crippen LogP contribution in [0.5, 0.6) is 0 Å². The van der Waals surface area contributed by atoms with Gasteiger partial charge in [0.15, 0.2) is 0 Å². The zero-order valence-corrected chi connectivity index (χ0v) is 7.49. The number of hydrogen-bond acceptors (Lipinski definition) is 2. The Morgan fingerprint density at radius 1 is 1.67 bits per heavy atom. The molecule has 0 heterocycles.